The molecule has 4 atom stereocenters. The zero-order valence-corrected chi connectivity index (χ0v) is 34.2. The summed E-state index contributed by atoms with van der Waals surface area (Å²) in [6.07, 6.45) is 12.1. The molecular weight excluding hydrogens is 749 g/mol. The lowest BCUT2D eigenvalue weighted by Gasteiger charge is -2.44. The Hall–Kier alpha value is -5.69. The van der Waals surface area contributed by atoms with Gasteiger partial charge in [0.05, 0.1) is 29.7 Å². The number of rotatable bonds is 11. The van der Waals surface area contributed by atoms with Crippen LogP contribution < -0.4 is 21.2 Å². The van der Waals surface area contributed by atoms with Gasteiger partial charge in [-0.05, 0) is 95.2 Å². The van der Waals surface area contributed by atoms with Gasteiger partial charge >= 0.3 is 5.97 Å². The van der Waals surface area contributed by atoms with Crippen molar-refractivity contribution >= 4 is 34.8 Å². The number of anilines is 2. The number of carbonyl (C=O) groups is 1. The molecule has 0 bridgehead atoms. The van der Waals surface area contributed by atoms with E-state index in [9.17, 15) is 14.7 Å². The van der Waals surface area contributed by atoms with Gasteiger partial charge in [0.2, 0.25) is 0 Å². The smallest absolute Gasteiger partial charge is 0.341 e. The first kappa shape index (κ1) is 38.8. The van der Waals surface area contributed by atoms with Crippen LogP contribution >= 0.6 is 0 Å². The van der Waals surface area contributed by atoms with Gasteiger partial charge < -0.3 is 39.7 Å². The van der Waals surface area contributed by atoms with Crippen LogP contribution in [0, 0.1) is 6.92 Å². The maximum atomic E-state index is 14.2. The van der Waals surface area contributed by atoms with E-state index < -0.39 is 29.2 Å². The molecule has 4 N–H and O–H groups in total. The number of aliphatic imine (C=N–C) groups is 1. The van der Waals surface area contributed by atoms with Crippen molar-refractivity contribution in [3.63, 3.8) is 0 Å². The van der Waals surface area contributed by atoms with E-state index in [1.54, 1.807) is 13.0 Å². The van der Waals surface area contributed by atoms with Gasteiger partial charge in [-0.15, -0.1) is 0 Å². The summed E-state index contributed by atoms with van der Waals surface area (Å²) in [7, 11) is 0. The van der Waals surface area contributed by atoms with Gasteiger partial charge in [-0.3, -0.25) is 9.79 Å². The van der Waals surface area contributed by atoms with Crippen LogP contribution in [0.3, 0.4) is 0 Å². The average molecular weight is 801 g/mol. The van der Waals surface area contributed by atoms with Gasteiger partial charge in [-0.1, -0.05) is 26.2 Å². The van der Waals surface area contributed by atoms with E-state index in [4.69, 9.17) is 34.3 Å². The van der Waals surface area contributed by atoms with E-state index in [2.05, 4.69) is 46.5 Å². The number of nitrogens with zero attached hydrogens (tertiary/aromatic N) is 4. The van der Waals surface area contributed by atoms with E-state index in [0.717, 1.165) is 79.2 Å². The number of unbranched alkanes of at least 4 members (excludes halogenated alkanes) is 2. The normalized spacial score (nSPS) is 24.0. The Balaban J connectivity index is 0.925. The van der Waals surface area contributed by atoms with Crippen LogP contribution in [0.15, 0.2) is 74.1 Å². The third-order valence-corrected chi connectivity index (χ3v) is 12.3. The monoisotopic (exact) mass is 800 g/mol. The fraction of sp³-hybridized carbons (Fsp3) is 0.457. The second-order valence-electron chi connectivity index (χ2n) is 17.2. The molecular formula is C46H52N6O7. The molecule has 8 heterocycles. The van der Waals surface area contributed by atoms with Crippen molar-refractivity contribution in [2.45, 2.75) is 121 Å². The molecule has 0 saturated carbocycles. The van der Waals surface area contributed by atoms with Crippen molar-refractivity contribution in [2.75, 3.05) is 24.1 Å². The van der Waals surface area contributed by atoms with Crippen LogP contribution in [0.25, 0.3) is 22.2 Å². The number of epoxide rings is 1. The first-order valence-electron chi connectivity index (χ1n) is 21.0. The number of phenolic OH excluding ortho intramolecular Hbond substituents is 1. The van der Waals surface area contributed by atoms with Crippen molar-refractivity contribution < 1.29 is 28.5 Å². The summed E-state index contributed by atoms with van der Waals surface area (Å²) in [4.78, 5) is 43.7. The molecule has 2 saturated heterocycles. The number of nitrogens with one attached hydrogen (secondary N) is 1. The standard InChI is InChI=1S/C46H52N6O7/c1-5-6-9-15-49-39-21-29(20-30(50-39)24-52-23-28-13-16-48-33(28)25-52)32-18-27(19-38(47)51-32)11-12-37-46(59-37)14-8-7-10-31-40-36(58-45(3,4)43(31)57-44(46)55)22-35-41(42(40)54)34(53)17-26(2)56-35/h13,16-22,25,31,37,43,54H,5-12,14-15,23-24H2,1-4H3,(H2,47,51)(H,49,50). The van der Waals surface area contributed by atoms with Gasteiger partial charge in [-0.25, -0.2) is 14.8 Å². The highest BCUT2D eigenvalue weighted by Crippen LogP contribution is 2.53. The number of aryl methyl sites for hydroxylation is 2. The van der Waals surface area contributed by atoms with Crippen LogP contribution in [0.1, 0.15) is 101 Å². The third-order valence-electron chi connectivity index (χ3n) is 12.3. The molecule has 5 aliphatic heterocycles. The number of hydrogen-bond acceptors (Lipinski definition) is 13. The molecule has 59 heavy (non-hydrogen) atoms. The molecule has 4 unspecified atom stereocenters. The Bertz CT molecular complexity index is 2490. The Kier molecular flexibility index (Phi) is 9.97. The fourth-order valence-electron chi connectivity index (χ4n) is 9.41. The summed E-state index contributed by atoms with van der Waals surface area (Å²) in [5, 5.41) is 15.2. The minimum absolute atomic E-state index is 0.101. The lowest BCUT2D eigenvalue weighted by Crippen LogP contribution is -2.52. The van der Waals surface area contributed by atoms with Crippen molar-refractivity contribution in [1.82, 2.24) is 14.9 Å². The number of carbonyl (C=O) groups excluding carboxylic acids is 1. The van der Waals surface area contributed by atoms with E-state index in [-0.39, 0.29) is 28.3 Å². The first-order valence-corrected chi connectivity index (χ1v) is 21.0. The number of nitrogen functional groups attached to an aromatic ring is 1. The van der Waals surface area contributed by atoms with Gasteiger partial charge in [0.25, 0.3) is 0 Å². The fourth-order valence-corrected chi connectivity index (χ4v) is 9.41. The molecule has 0 radical (unpaired) electrons. The number of aromatic nitrogens is 2. The molecule has 0 aliphatic carbocycles. The molecule has 3 aromatic heterocycles. The predicted molar refractivity (Wildman–Crippen MR) is 226 cm³/mol. The highest BCUT2D eigenvalue weighted by Gasteiger charge is 2.64. The highest BCUT2D eigenvalue weighted by atomic mass is 16.7. The van der Waals surface area contributed by atoms with Crippen molar-refractivity contribution in [3.8, 4) is 22.8 Å². The van der Waals surface area contributed by atoms with Crippen LogP contribution in [-0.2, 0) is 27.2 Å². The number of hydrogen-bond donors (Lipinski definition) is 3. The number of ether oxygens (including phenoxy) is 3. The van der Waals surface area contributed by atoms with Crippen molar-refractivity contribution in [1.29, 1.82) is 0 Å². The van der Waals surface area contributed by atoms with Crippen molar-refractivity contribution in [3.05, 3.63) is 92.7 Å². The van der Waals surface area contributed by atoms with Gasteiger partial charge in [0, 0.05) is 60.3 Å². The molecule has 1 aromatic carbocycles. The maximum absolute atomic E-state index is 14.2. The predicted octanol–water partition coefficient (Wildman–Crippen LogP) is 7.63. The molecule has 2 fully saturated rings. The van der Waals surface area contributed by atoms with E-state index in [1.807, 2.05) is 32.2 Å². The number of esters is 1. The summed E-state index contributed by atoms with van der Waals surface area (Å²) in [6.45, 7) is 9.91. The van der Waals surface area contributed by atoms with Crippen LogP contribution in [0.2, 0.25) is 0 Å². The molecule has 308 valence electrons. The molecule has 1 spiro atoms. The highest BCUT2D eigenvalue weighted by molar-refractivity contribution is 5.88. The number of fused-ring (bicyclic) bond motifs is 5. The van der Waals surface area contributed by atoms with Crippen LogP contribution in [0.5, 0.6) is 11.5 Å². The Morgan fingerprint density at radius 3 is 2.76 bits per heavy atom. The number of aromatic hydroxyl groups is 1. The second-order valence-corrected chi connectivity index (χ2v) is 17.2. The molecule has 13 heteroatoms. The van der Waals surface area contributed by atoms with Crippen molar-refractivity contribution in [2.24, 2.45) is 4.99 Å². The van der Waals surface area contributed by atoms with E-state index in [0.29, 0.717) is 55.1 Å². The molecule has 4 aromatic rings. The second kappa shape index (κ2) is 15.2. The Morgan fingerprint density at radius 1 is 1.07 bits per heavy atom. The number of phenols is 1. The van der Waals surface area contributed by atoms with Gasteiger partial charge in [0.1, 0.15) is 51.6 Å². The first-order chi connectivity index (χ1) is 28.4. The molecule has 13 nitrogen and oxygen atoms in total. The number of benzene rings is 1. The average Bonchev–Trinajstić information content (AvgIpc) is 3.46. The third kappa shape index (κ3) is 7.45. The Morgan fingerprint density at radius 2 is 1.93 bits per heavy atom. The summed E-state index contributed by atoms with van der Waals surface area (Å²) in [5.41, 5.74) is 10.7. The summed E-state index contributed by atoms with van der Waals surface area (Å²) < 4.78 is 25.0. The summed E-state index contributed by atoms with van der Waals surface area (Å²) in [5.74, 6) is 1.09. The van der Waals surface area contributed by atoms with Crippen LogP contribution in [0.4, 0.5) is 11.6 Å². The van der Waals surface area contributed by atoms with Gasteiger partial charge in [0.15, 0.2) is 11.0 Å². The molecule has 0 amide bonds. The number of nitrogens with two attached hydrogens (primary N) is 1. The molecule has 9 rings (SSSR count). The minimum Gasteiger partial charge on any atom is -0.507 e. The minimum atomic E-state index is -1.07. The zero-order valence-electron chi connectivity index (χ0n) is 34.2. The summed E-state index contributed by atoms with van der Waals surface area (Å²) in [6, 6.07) is 11.1. The Labute approximate surface area is 343 Å². The number of pyridine rings is 2. The molecule has 5 aliphatic rings. The quantitative estimate of drug-likeness (QED) is 0.0769. The maximum Gasteiger partial charge on any atom is 0.341 e. The van der Waals surface area contributed by atoms with E-state index in [1.165, 1.54) is 11.6 Å². The lowest BCUT2D eigenvalue weighted by molar-refractivity contribution is -0.170. The largest absolute Gasteiger partial charge is 0.507 e. The van der Waals surface area contributed by atoms with Gasteiger partial charge in [-0.2, -0.15) is 0 Å². The zero-order chi connectivity index (χ0) is 41.1. The number of allylic oxidation sites excluding steroid dienone is 1. The van der Waals surface area contributed by atoms with E-state index >= 15 is 0 Å². The lowest BCUT2D eigenvalue weighted by atomic mass is 9.77. The topological polar surface area (TPSA) is 178 Å². The summed E-state index contributed by atoms with van der Waals surface area (Å²) >= 11 is 0. The SMILES string of the molecule is CCCCCNc1cc(-c2cc(CCC3OC34CCCCC3c5c(cc6oc(C)cc(=O)c6c5O)OC(C)(C)C3OC4=O)cc(N)n2)cc(CN2C=C3N=CC=C3C2)n1. The van der Waals surface area contributed by atoms with Crippen LogP contribution in [-0.4, -0.2) is 68.7 Å².